The number of nitrogen functional groups attached to an aromatic ring is 1. The SMILES string of the molecule is CN(C)C1CCN(c2cc3ncc(C(=O)Nc4ccccc4)c(N)c3cc2F)CC1. The predicted octanol–water partition coefficient (Wildman–Crippen LogP) is 3.74. The maximum atomic E-state index is 15.0. The fourth-order valence-electron chi connectivity index (χ4n) is 3.99. The van der Waals surface area contributed by atoms with Gasteiger partial charge in [0.25, 0.3) is 5.91 Å². The third-order valence-electron chi connectivity index (χ3n) is 5.79. The van der Waals surface area contributed by atoms with Crippen molar-refractivity contribution in [3.05, 3.63) is 60.0 Å². The average Bonchev–Trinajstić information content (AvgIpc) is 2.75. The van der Waals surface area contributed by atoms with E-state index in [2.05, 4.69) is 34.2 Å². The first-order chi connectivity index (χ1) is 14.4. The summed E-state index contributed by atoms with van der Waals surface area (Å²) in [7, 11) is 4.16. The summed E-state index contributed by atoms with van der Waals surface area (Å²) < 4.78 is 15.0. The standard InChI is InChI=1S/C23H26FN5O/c1-28(2)16-8-10-29(11-9-16)21-13-20-17(12-19(21)24)22(25)18(14-26-20)23(30)27-15-6-4-3-5-7-15/h3-7,12-14,16H,8-11H2,1-2H3,(H2,25,26)(H,27,30). The Morgan fingerprint density at radius 1 is 1.20 bits per heavy atom. The molecule has 0 saturated carbocycles. The molecule has 0 spiro atoms. The monoisotopic (exact) mass is 407 g/mol. The fraction of sp³-hybridized carbons (Fsp3) is 0.304. The molecule has 0 bridgehead atoms. The van der Waals surface area contributed by atoms with Gasteiger partial charge in [-0.3, -0.25) is 9.78 Å². The lowest BCUT2D eigenvalue weighted by Crippen LogP contribution is -2.42. The van der Waals surface area contributed by atoms with E-state index in [1.54, 1.807) is 18.2 Å². The number of nitrogens with two attached hydrogens (primary N) is 1. The van der Waals surface area contributed by atoms with Gasteiger partial charge in [-0.2, -0.15) is 0 Å². The maximum Gasteiger partial charge on any atom is 0.259 e. The number of carbonyl (C=O) groups is 1. The minimum atomic E-state index is -0.372. The largest absolute Gasteiger partial charge is 0.397 e. The van der Waals surface area contributed by atoms with Gasteiger partial charge in [0.1, 0.15) is 5.82 Å². The number of para-hydroxylation sites is 1. The van der Waals surface area contributed by atoms with Crippen LogP contribution in [-0.4, -0.2) is 49.0 Å². The van der Waals surface area contributed by atoms with Gasteiger partial charge in [0.15, 0.2) is 0 Å². The number of halogens is 1. The van der Waals surface area contributed by atoms with Gasteiger partial charge in [0.2, 0.25) is 0 Å². The van der Waals surface area contributed by atoms with Crippen LogP contribution >= 0.6 is 0 Å². The van der Waals surface area contributed by atoms with Crippen LogP contribution in [0.15, 0.2) is 48.7 Å². The predicted molar refractivity (Wildman–Crippen MR) is 119 cm³/mol. The van der Waals surface area contributed by atoms with Crippen LogP contribution in [0.25, 0.3) is 10.9 Å². The third kappa shape index (κ3) is 3.93. The van der Waals surface area contributed by atoms with Gasteiger partial charge in [-0.05, 0) is 51.2 Å². The summed E-state index contributed by atoms with van der Waals surface area (Å²) in [5.74, 6) is -0.719. The fourth-order valence-corrected chi connectivity index (χ4v) is 3.99. The van der Waals surface area contributed by atoms with Crippen molar-refractivity contribution in [3.63, 3.8) is 0 Å². The highest BCUT2D eigenvalue weighted by atomic mass is 19.1. The molecule has 6 nitrogen and oxygen atoms in total. The Balaban J connectivity index is 1.60. The number of benzene rings is 2. The molecule has 30 heavy (non-hydrogen) atoms. The smallest absolute Gasteiger partial charge is 0.259 e. The average molecular weight is 407 g/mol. The number of amides is 1. The molecular formula is C23H26FN5O. The zero-order valence-electron chi connectivity index (χ0n) is 17.2. The number of carbonyl (C=O) groups excluding carboxylic acids is 1. The van der Waals surface area contributed by atoms with E-state index >= 15 is 0 Å². The first-order valence-corrected chi connectivity index (χ1v) is 10.1. The molecule has 2 aromatic carbocycles. The Labute approximate surface area is 175 Å². The summed E-state index contributed by atoms with van der Waals surface area (Å²) in [6, 6.07) is 12.7. The summed E-state index contributed by atoms with van der Waals surface area (Å²) >= 11 is 0. The number of hydrogen-bond donors (Lipinski definition) is 2. The van der Waals surface area contributed by atoms with Gasteiger partial charge in [0, 0.05) is 36.4 Å². The lowest BCUT2D eigenvalue weighted by atomic mass is 10.0. The lowest BCUT2D eigenvalue weighted by molar-refractivity contribution is 0.102. The molecule has 1 aliphatic rings. The minimum Gasteiger partial charge on any atom is -0.397 e. The summed E-state index contributed by atoms with van der Waals surface area (Å²) in [6.45, 7) is 1.58. The molecule has 1 aliphatic heterocycles. The summed E-state index contributed by atoms with van der Waals surface area (Å²) in [6.07, 6.45) is 3.42. The first kappa shape index (κ1) is 20.1. The molecule has 1 amide bonds. The maximum absolute atomic E-state index is 15.0. The Morgan fingerprint density at radius 2 is 1.90 bits per heavy atom. The zero-order chi connectivity index (χ0) is 21.3. The van der Waals surface area contributed by atoms with Crippen LogP contribution in [0.2, 0.25) is 0 Å². The quantitative estimate of drug-likeness (QED) is 0.689. The van der Waals surface area contributed by atoms with Crippen molar-refractivity contribution in [1.82, 2.24) is 9.88 Å². The summed E-state index contributed by atoms with van der Waals surface area (Å²) in [4.78, 5) is 21.3. The van der Waals surface area contributed by atoms with Crippen LogP contribution in [-0.2, 0) is 0 Å². The van der Waals surface area contributed by atoms with E-state index < -0.39 is 0 Å². The van der Waals surface area contributed by atoms with E-state index in [1.807, 2.05) is 18.2 Å². The second-order valence-electron chi connectivity index (χ2n) is 7.91. The molecule has 3 N–H and O–H groups in total. The molecule has 1 aromatic heterocycles. The van der Waals surface area contributed by atoms with E-state index in [0.717, 1.165) is 25.9 Å². The van der Waals surface area contributed by atoms with Crippen LogP contribution in [0.5, 0.6) is 0 Å². The van der Waals surface area contributed by atoms with Crippen molar-refractivity contribution in [1.29, 1.82) is 0 Å². The second-order valence-corrected chi connectivity index (χ2v) is 7.91. The van der Waals surface area contributed by atoms with Gasteiger partial charge in [-0.1, -0.05) is 18.2 Å². The second kappa shape index (κ2) is 8.28. The lowest BCUT2D eigenvalue weighted by Gasteiger charge is -2.36. The van der Waals surface area contributed by atoms with Gasteiger partial charge < -0.3 is 20.9 Å². The highest BCUT2D eigenvalue weighted by Crippen LogP contribution is 2.32. The molecule has 3 aromatic rings. The van der Waals surface area contributed by atoms with E-state index in [1.165, 1.54) is 12.3 Å². The number of hydrogen-bond acceptors (Lipinski definition) is 5. The van der Waals surface area contributed by atoms with Crippen LogP contribution in [0.1, 0.15) is 23.2 Å². The van der Waals surface area contributed by atoms with Crippen molar-refractivity contribution in [2.24, 2.45) is 0 Å². The Kier molecular flexibility index (Phi) is 5.55. The Morgan fingerprint density at radius 3 is 2.57 bits per heavy atom. The number of nitrogens with zero attached hydrogens (tertiary/aromatic N) is 3. The first-order valence-electron chi connectivity index (χ1n) is 10.1. The molecule has 0 unspecified atom stereocenters. The molecule has 0 atom stereocenters. The Bertz CT molecular complexity index is 1060. The molecule has 156 valence electrons. The summed E-state index contributed by atoms with van der Waals surface area (Å²) in [5.41, 5.74) is 8.46. The van der Waals surface area contributed by atoms with Crippen molar-refractivity contribution in [2.45, 2.75) is 18.9 Å². The number of piperidine rings is 1. The number of nitrogens with one attached hydrogen (secondary N) is 1. The molecule has 4 rings (SSSR count). The van der Waals surface area contributed by atoms with Crippen LogP contribution in [0, 0.1) is 5.82 Å². The molecule has 7 heteroatoms. The summed E-state index contributed by atoms with van der Waals surface area (Å²) in [5, 5.41) is 3.23. The van der Waals surface area contributed by atoms with Crippen LogP contribution in [0.3, 0.4) is 0 Å². The van der Waals surface area contributed by atoms with E-state index in [-0.39, 0.29) is 23.0 Å². The van der Waals surface area contributed by atoms with E-state index in [0.29, 0.717) is 28.3 Å². The topological polar surface area (TPSA) is 74.5 Å². The van der Waals surface area contributed by atoms with Crippen molar-refractivity contribution in [3.8, 4) is 0 Å². The highest BCUT2D eigenvalue weighted by Gasteiger charge is 2.24. The van der Waals surface area contributed by atoms with Crippen molar-refractivity contribution < 1.29 is 9.18 Å². The number of pyridine rings is 1. The normalized spacial score (nSPS) is 15.0. The van der Waals surface area contributed by atoms with Gasteiger partial charge in [0.05, 0.1) is 22.5 Å². The molecule has 0 aliphatic carbocycles. The molecule has 1 saturated heterocycles. The van der Waals surface area contributed by atoms with E-state index in [9.17, 15) is 9.18 Å². The van der Waals surface area contributed by atoms with Crippen molar-refractivity contribution >= 4 is 33.9 Å². The number of aromatic nitrogens is 1. The molecule has 0 radical (unpaired) electrons. The molecular weight excluding hydrogens is 381 g/mol. The van der Waals surface area contributed by atoms with Crippen LogP contribution < -0.4 is 16.0 Å². The van der Waals surface area contributed by atoms with E-state index in [4.69, 9.17) is 5.73 Å². The van der Waals surface area contributed by atoms with Crippen molar-refractivity contribution in [2.75, 3.05) is 43.1 Å². The van der Waals surface area contributed by atoms with Gasteiger partial charge >= 0.3 is 0 Å². The minimum absolute atomic E-state index is 0.227. The third-order valence-corrected chi connectivity index (χ3v) is 5.79. The number of rotatable bonds is 4. The zero-order valence-corrected chi connectivity index (χ0v) is 17.2. The Hall–Kier alpha value is -3.19. The van der Waals surface area contributed by atoms with Crippen LogP contribution in [0.4, 0.5) is 21.5 Å². The van der Waals surface area contributed by atoms with Gasteiger partial charge in [-0.15, -0.1) is 0 Å². The molecule has 1 fully saturated rings. The van der Waals surface area contributed by atoms with Gasteiger partial charge in [-0.25, -0.2) is 4.39 Å². The number of anilines is 3. The molecule has 2 heterocycles. The number of fused-ring (bicyclic) bond motifs is 1. The highest BCUT2D eigenvalue weighted by molar-refractivity contribution is 6.12.